The summed E-state index contributed by atoms with van der Waals surface area (Å²) < 4.78 is 4.74. The summed E-state index contributed by atoms with van der Waals surface area (Å²) >= 11 is 0. The molecule has 0 aliphatic heterocycles. The molecule has 2 heterocycles. The monoisotopic (exact) mass is 391 g/mol. The lowest BCUT2D eigenvalue weighted by Crippen LogP contribution is -2.29. The molecule has 0 saturated carbocycles. The molecule has 29 heavy (non-hydrogen) atoms. The predicted molar refractivity (Wildman–Crippen MR) is 107 cm³/mol. The summed E-state index contributed by atoms with van der Waals surface area (Å²) in [6.45, 7) is 5.21. The van der Waals surface area contributed by atoms with Crippen LogP contribution in [0.5, 0.6) is 0 Å². The van der Waals surface area contributed by atoms with E-state index in [2.05, 4.69) is 61.9 Å². The standard InChI is InChI=1S/C20H21N7O2/c1-3-12-26(20-14(2)27(28)29-23-20)13-15-8-10-16(11-9-15)17-6-4-5-7-18(17)19-21-24-25-22-19/h4-11H,3,12-13H2,1-2H3,(H,21,22,24,25). The summed E-state index contributed by atoms with van der Waals surface area (Å²) in [5.74, 6) is 1.21. The summed E-state index contributed by atoms with van der Waals surface area (Å²) in [5, 5.41) is 29.7. The van der Waals surface area contributed by atoms with Crippen LogP contribution in [0, 0.1) is 12.1 Å². The normalized spacial score (nSPS) is 11.0. The Balaban J connectivity index is 1.59. The molecule has 0 amide bonds. The van der Waals surface area contributed by atoms with Gasteiger partial charge in [0.15, 0.2) is 5.82 Å². The van der Waals surface area contributed by atoms with Crippen LogP contribution in [-0.4, -0.2) is 32.3 Å². The van der Waals surface area contributed by atoms with E-state index in [1.807, 2.05) is 24.3 Å². The number of hydrogen-bond donors (Lipinski definition) is 1. The molecule has 0 radical (unpaired) electrons. The fraction of sp³-hybridized carbons (Fsp3) is 0.250. The molecule has 2 aromatic carbocycles. The van der Waals surface area contributed by atoms with Gasteiger partial charge in [0, 0.05) is 25.6 Å². The van der Waals surface area contributed by atoms with Crippen LogP contribution in [0.3, 0.4) is 0 Å². The zero-order valence-electron chi connectivity index (χ0n) is 16.2. The molecule has 4 rings (SSSR count). The third kappa shape index (κ3) is 3.79. The smallest absolute Gasteiger partial charge is 0.313 e. The van der Waals surface area contributed by atoms with Crippen LogP contribution < -0.4 is 9.80 Å². The predicted octanol–water partition coefficient (Wildman–Crippen LogP) is 2.88. The first kappa shape index (κ1) is 18.6. The summed E-state index contributed by atoms with van der Waals surface area (Å²) in [6, 6.07) is 16.3. The minimum Gasteiger partial charge on any atom is -0.359 e. The summed E-state index contributed by atoms with van der Waals surface area (Å²) in [4.78, 5) is 2.49. The molecule has 0 aliphatic carbocycles. The van der Waals surface area contributed by atoms with Gasteiger partial charge >= 0.3 is 5.82 Å². The molecule has 0 saturated heterocycles. The molecule has 4 aromatic rings. The van der Waals surface area contributed by atoms with E-state index in [0.29, 0.717) is 28.8 Å². The van der Waals surface area contributed by atoms with Crippen LogP contribution in [0.2, 0.25) is 0 Å². The van der Waals surface area contributed by atoms with Crippen LogP contribution in [0.25, 0.3) is 22.5 Å². The van der Waals surface area contributed by atoms with Crippen molar-refractivity contribution in [3.8, 4) is 22.5 Å². The number of aromatic nitrogens is 6. The molecule has 0 fully saturated rings. The maximum absolute atomic E-state index is 11.6. The van der Waals surface area contributed by atoms with Crippen molar-refractivity contribution in [2.75, 3.05) is 11.4 Å². The Hall–Kier alpha value is -3.75. The average Bonchev–Trinajstić information content (AvgIpc) is 3.39. The Labute approximate surface area is 167 Å². The van der Waals surface area contributed by atoms with Crippen molar-refractivity contribution < 1.29 is 9.53 Å². The molecule has 9 nitrogen and oxygen atoms in total. The molecule has 148 valence electrons. The molecule has 0 aliphatic rings. The third-order valence-electron chi connectivity index (χ3n) is 4.76. The van der Waals surface area contributed by atoms with Crippen molar-refractivity contribution in [3.63, 3.8) is 0 Å². The highest BCUT2D eigenvalue weighted by Gasteiger charge is 2.21. The number of tetrazole rings is 1. The zero-order valence-corrected chi connectivity index (χ0v) is 16.2. The molecule has 0 spiro atoms. The van der Waals surface area contributed by atoms with Crippen LogP contribution >= 0.6 is 0 Å². The molecular formula is C20H21N7O2. The molecule has 0 bridgehead atoms. The van der Waals surface area contributed by atoms with Gasteiger partial charge in [-0.25, -0.2) is 5.10 Å². The lowest BCUT2D eigenvalue weighted by Gasteiger charge is -2.19. The largest absolute Gasteiger partial charge is 0.359 e. The van der Waals surface area contributed by atoms with Gasteiger partial charge in [-0.2, -0.15) is 0 Å². The molecular weight excluding hydrogens is 370 g/mol. The van der Waals surface area contributed by atoms with Gasteiger partial charge in [-0.3, -0.25) is 4.63 Å². The molecule has 1 N–H and O–H groups in total. The number of anilines is 1. The Kier molecular flexibility index (Phi) is 5.19. The Bertz CT molecular complexity index is 1070. The lowest BCUT2D eigenvalue weighted by molar-refractivity contribution is -0.806. The van der Waals surface area contributed by atoms with E-state index in [9.17, 15) is 5.21 Å². The van der Waals surface area contributed by atoms with E-state index in [-0.39, 0.29) is 0 Å². The van der Waals surface area contributed by atoms with Crippen molar-refractivity contribution in [1.82, 2.24) is 25.8 Å². The Morgan fingerprint density at radius 2 is 1.86 bits per heavy atom. The number of hydrogen-bond acceptors (Lipinski definition) is 7. The highest BCUT2D eigenvalue weighted by Crippen LogP contribution is 2.30. The topological polar surface area (TPSA) is 111 Å². The molecule has 0 atom stereocenters. The maximum Gasteiger partial charge on any atom is 0.313 e. The van der Waals surface area contributed by atoms with Gasteiger partial charge in [0.25, 0.3) is 0 Å². The fourth-order valence-corrected chi connectivity index (χ4v) is 3.33. The first-order chi connectivity index (χ1) is 14.2. The van der Waals surface area contributed by atoms with Gasteiger partial charge in [0.2, 0.25) is 5.69 Å². The second-order valence-electron chi connectivity index (χ2n) is 6.75. The summed E-state index contributed by atoms with van der Waals surface area (Å²) in [6.07, 6.45) is 0.932. The number of nitrogens with zero attached hydrogens (tertiary/aromatic N) is 6. The average molecular weight is 391 g/mol. The van der Waals surface area contributed by atoms with Crippen molar-refractivity contribution >= 4 is 5.82 Å². The zero-order chi connectivity index (χ0) is 20.2. The SMILES string of the molecule is CCCN(Cc1ccc(-c2ccccc2-c2nnn[nH]2)cc1)c1no[n+]([O-])c1C. The Morgan fingerprint density at radius 1 is 1.10 bits per heavy atom. The fourth-order valence-electron chi connectivity index (χ4n) is 3.33. The van der Waals surface area contributed by atoms with E-state index in [0.717, 1.165) is 35.2 Å². The van der Waals surface area contributed by atoms with Gasteiger partial charge in [0.1, 0.15) is 0 Å². The number of nitrogens with one attached hydrogen (secondary N) is 1. The van der Waals surface area contributed by atoms with Crippen LogP contribution in [0.15, 0.2) is 53.2 Å². The highest BCUT2D eigenvalue weighted by molar-refractivity contribution is 5.80. The van der Waals surface area contributed by atoms with E-state index >= 15 is 0 Å². The number of rotatable bonds is 7. The minimum atomic E-state index is 0.441. The molecule has 9 heteroatoms. The highest BCUT2D eigenvalue weighted by atomic mass is 16.8. The van der Waals surface area contributed by atoms with Crippen LogP contribution in [-0.2, 0) is 6.54 Å². The van der Waals surface area contributed by atoms with Crippen LogP contribution in [0.4, 0.5) is 5.82 Å². The summed E-state index contributed by atoms with van der Waals surface area (Å²) in [7, 11) is 0. The van der Waals surface area contributed by atoms with E-state index < -0.39 is 0 Å². The van der Waals surface area contributed by atoms with Gasteiger partial charge in [-0.1, -0.05) is 55.5 Å². The molecule has 2 aromatic heterocycles. The van der Waals surface area contributed by atoms with Crippen molar-refractivity contribution in [2.45, 2.75) is 26.8 Å². The van der Waals surface area contributed by atoms with Gasteiger partial charge in [-0.15, -0.1) is 5.10 Å². The number of H-pyrrole nitrogens is 1. The Morgan fingerprint density at radius 3 is 2.48 bits per heavy atom. The van der Waals surface area contributed by atoms with E-state index in [4.69, 9.17) is 4.63 Å². The first-order valence-electron chi connectivity index (χ1n) is 9.41. The van der Waals surface area contributed by atoms with Gasteiger partial charge in [0.05, 0.1) is 5.16 Å². The van der Waals surface area contributed by atoms with E-state index in [1.54, 1.807) is 6.92 Å². The van der Waals surface area contributed by atoms with Crippen molar-refractivity contribution in [3.05, 3.63) is 65.0 Å². The van der Waals surface area contributed by atoms with E-state index in [1.165, 1.54) is 0 Å². The van der Waals surface area contributed by atoms with Crippen LogP contribution in [0.1, 0.15) is 24.6 Å². The van der Waals surface area contributed by atoms with Crippen molar-refractivity contribution in [1.29, 1.82) is 0 Å². The minimum absolute atomic E-state index is 0.441. The lowest BCUT2D eigenvalue weighted by atomic mass is 9.98. The maximum atomic E-state index is 11.6. The van der Waals surface area contributed by atoms with Gasteiger partial charge < -0.3 is 10.1 Å². The molecule has 0 unspecified atom stereocenters. The van der Waals surface area contributed by atoms with Gasteiger partial charge in [-0.05, 0) is 38.4 Å². The number of benzene rings is 2. The first-order valence-corrected chi connectivity index (χ1v) is 9.41. The quantitative estimate of drug-likeness (QED) is 0.482. The summed E-state index contributed by atoms with van der Waals surface area (Å²) in [5.41, 5.74) is 4.63. The third-order valence-corrected chi connectivity index (χ3v) is 4.76. The second kappa shape index (κ2) is 8.09. The van der Waals surface area contributed by atoms with Crippen molar-refractivity contribution in [2.24, 2.45) is 0 Å². The number of aromatic amines is 1. The second-order valence-corrected chi connectivity index (χ2v) is 6.75.